The lowest BCUT2D eigenvalue weighted by molar-refractivity contribution is 0.0606. The number of nitrogens with zero attached hydrogens (tertiary/aromatic N) is 4. The summed E-state index contributed by atoms with van der Waals surface area (Å²) in [7, 11) is 0. The number of carbonyl (C=O) groups excluding carboxylic acids is 1. The minimum absolute atomic E-state index is 0.0728. The van der Waals surface area contributed by atoms with E-state index in [2.05, 4.69) is 14.9 Å². The Labute approximate surface area is 194 Å². The molecule has 32 heavy (non-hydrogen) atoms. The molecule has 8 heteroatoms. The molecule has 0 bridgehead atoms. The number of anilines is 1. The van der Waals surface area contributed by atoms with Gasteiger partial charge in [-0.1, -0.05) is 11.6 Å². The van der Waals surface area contributed by atoms with Crippen LogP contribution in [0.3, 0.4) is 0 Å². The first-order valence-electron chi connectivity index (χ1n) is 11.4. The fraction of sp³-hybridized carbons (Fsp3) is 0.542. The quantitative estimate of drug-likeness (QED) is 0.639. The number of aromatic nitrogens is 2. The van der Waals surface area contributed by atoms with Crippen LogP contribution in [0.4, 0.5) is 5.95 Å². The minimum atomic E-state index is 0.0728. The van der Waals surface area contributed by atoms with Gasteiger partial charge in [0, 0.05) is 37.8 Å². The molecule has 0 unspecified atom stereocenters. The van der Waals surface area contributed by atoms with Crippen molar-refractivity contribution >= 4 is 23.5 Å². The number of ether oxygens (including phenoxy) is 1. The third-order valence-electron chi connectivity index (χ3n) is 6.45. The second-order valence-electron chi connectivity index (χ2n) is 9.02. The van der Waals surface area contributed by atoms with Gasteiger partial charge < -0.3 is 20.3 Å². The molecule has 1 aromatic heterocycles. The van der Waals surface area contributed by atoms with Gasteiger partial charge in [-0.05, 0) is 68.7 Å². The van der Waals surface area contributed by atoms with Gasteiger partial charge in [0.05, 0.1) is 24.0 Å². The molecule has 3 heterocycles. The fourth-order valence-corrected chi connectivity index (χ4v) is 4.73. The molecule has 172 valence electrons. The maximum absolute atomic E-state index is 12.7. The van der Waals surface area contributed by atoms with E-state index >= 15 is 0 Å². The number of carbonyl (C=O) groups is 1. The number of amides is 1. The fourth-order valence-electron chi connectivity index (χ4n) is 4.63. The summed E-state index contributed by atoms with van der Waals surface area (Å²) in [6.45, 7) is 7.87. The molecule has 0 spiro atoms. The zero-order valence-electron chi connectivity index (χ0n) is 18.9. The molecule has 0 atom stereocenters. The summed E-state index contributed by atoms with van der Waals surface area (Å²) < 4.78 is 6.03. The Morgan fingerprint density at radius 3 is 2.38 bits per heavy atom. The highest BCUT2D eigenvalue weighted by Gasteiger charge is 2.30. The van der Waals surface area contributed by atoms with Crippen LogP contribution in [0.15, 0.2) is 24.5 Å². The van der Waals surface area contributed by atoms with Crippen LogP contribution >= 0.6 is 11.6 Å². The molecule has 1 aromatic carbocycles. The van der Waals surface area contributed by atoms with Crippen LogP contribution in [0.25, 0.3) is 0 Å². The van der Waals surface area contributed by atoms with E-state index in [9.17, 15) is 4.79 Å². The first-order valence-corrected chi connectivity index (χ1v) is 11.8. The lowest BCUT2D eigenvalue weighted by Gasteiger charge is -2.37. The van der Waals surface area contributed by atoms with Crippen LogP contribution in [0.2, 0.25) is 5.02 Å². The number of nitrogens with two attached hydrogens (primary N) is 1. The molecule has 2 aromatic rings. The van der Waals surface area contributed by atoms with Gasteiger partial charge in [-0.2, -0.15) is 0 Å². The second kappa shape index (κ2) is 10.0. The molecule has 2 aliphatic heterocycles. The molecule has 1 amide bonds. The van der Waals surface area contributed by atoms with Crippen LogP contribution < -0.4 is 15.4 Å². The summed E-state index contributed by atoms with van der Waals surface area (Å²) in [4.78, 5) is 25.4. The van der Waals surface area contributed by atoms with E-state index in [-0.39, 0.29) is 11.9 Å². The molecule has 7 nitrogen and oxygen atoms in total. The smallest absolute Gasteiger partial charge is 0.254 e. The van der Waals surface area contributed by atoms with Crippen molar-refractivity contribution in [2.75, 3.05) is 37.7 Å². The van der Waals surface area contributed by atoms with Crippen molar-refractivity contribution in [2.24, 2.45) is 11.7 Å². The van der Waals surface area contributed by atoms with Crippen LogP contribution in [-0.4, -0.2) is 59.6 Å². The van der Waals surface area contributed by atoms with Gasteiger partial charge in [-0.3, -0.25) is 4.79 Å². The van der Waals surface area contributed by atoms with Crippen molar-refractivity contribution < 1.29 is 9.53 Å². The molecule has 0 aliphatic carbocycles. The molecular formula is C24H32ClN5O2. The zero-order chi connectivity index (χ0) is 22.7. The number of benzene rings is 1. The van der Waals surface area contributed by atoms with E-state index < -0.39 is 0 Å². The third kappa shape index (κ3) is 5.33. The largest absolute Gasteiger partial charge is 0.494 e. The second-order valence-corrected chi connectivity index (χ2v) is 9.46. The molecule has 2 N–H and O–H groups in total. The molecule has 0 saturated carbocycles. The summed E-state index contributed by atoms with van der Waals surface area (Å²) in [6, 6.07) is 4.06. The van der Waals surface area contributed by atoms with E-state index in [1.807, 2.05) is 30.9 Å². The average Bonchev–Trinajstić information content (AvgIpc) is 2.75. The molecule has 4 rings (SSSR count). The number of piperidine rings is 1. The predicted octanol–water partition coefficient (Wildman–Crippen LogP) is 3.61. The maximum atomic E-state index is 12.7. The van der Waals surface area contributed by atoms with Gasteiger partial charge in [-0.25, -0.2) is 9.97 Å². The highest BCUT2D eigenvalue weighted by atomic mass is 35.5. The minimum Gasteiger partial charge on any atom is -0.494 e. The first kappa shape index (κ1) is 22.8. The molecular weight excluding hydrogens is 426 g/mol. The lowest BCUT2D eigenvalue weighted by Crippen LogP contribution is -2.58. The summed E-state index contributed by atoms with van der Waals surface area (Å²) in [5.41, 5.74) is 8.52. The van der Waals surface area contributed by atoms with Gasteiger partial charge in [0.25, 0.3) is 5.91 Å². The van der Waals surface area contributed by atoms with E-state index in [1.54, 1.807) is 12.4 Å². The summed E-state index contributed by atoms with van der Waals surface area (Å²) in [6.07, 6.45) is 7.76. The summed E-state index contributed by atoms with van der Waals surface area (Å²) in [5.74, 6) is 2.38. The van der Waals surface area contributed by atoms with E-state index in [1.165, 1.54) is 0 Å². The predicted molar refractivity (Wildman–Crippen MR) is 127 cm³/mol. The van der Waals surface area contributed by atoms with Crippen molar-refractivity contribution in [3.8, 4) is 5.75 Å². The van der Waals surface area contributed by atoms with Crippen molar-refractivity contribution in [2.45, 2.75) is 45.6 Å². The number of rotatable bonds is 7. The molecule has 2 aliphatic rings. The van der Waals surface area contributed by atoms with Crippen LogP contribution in [-0.2, 0) is 0 Å². The molecule has 2 saturated heterocycles. The number of likely N-dealkylation sites (tertiary alicyclic amines) is 1. The highest BCUT2D eigenvalue weighted by molar-refractivity contribution is 6.30. The normalized spacial score (nSPS) is 17.4. The number of aryl methyl sites for hydroxylation is 2. The number of hydrogen-bond donors (Lipinski definition) is 1. The summed E-state index contributed by atoms with van der Waals surface area (Å²) >= 11 is 5.88. The third-order valence-corrected chi connectivity index (χ3v) is 6.64. The first-order chi connectivity index (χ1) is 15.4. The lowest BCUT2D eigenvalue weighted by atomic mass is 9.92. The van der Waals surface area contributed by atoms with Gasteiger partial charge in [0.15, 0.2) is 0 Å². The topological polar surface area (TPSA) is 84.6 Å². The van der Waals surface area contributed by atoms with Crippen molar-refractivity contribution in [1.82, 2.24) is 14.9 Å². The Kier molecular flexibility index (Phi) is 7.16. The van der Waals surface area contributed by atoms with Gasteiger partial charge in [-0.15, -0.1) is 0 Å². The van der Waals surface area contributed by atoms with Crippen molar-refractivity contribution in [3.63, 3.8) is 0 Å². The van der Waals surface area contributed by atoms with Gasteiger partial charge >= 0.3 is 0 Å². The van der Waals surface area contributed by atoms with E-state index in [4.69, 9.17) is 22.1 Å². The van der Waals surface area contributed by atoms with Crippen LogP contribution in [0, 0.1) is 19.8 Å². The van der Waals surface area contributed by atoms with Gasteiger partial charge in [0.1, 0.15) is 5.75 Å². The van der Waals surface area contributed by atoms with E-state index in [0.29, 0.717) is 30.6 Å². The Morgan fingerprint density at radius 1 is 1.16 bits per heavy atom. The summed E-state index contributed by atoms with van der Waals surface area (Å²) in [5, 5.41) is 0.566. The Balaban J connectivity index is 1.20. The Hall–Kier alpha value is -2.38. The molecule has 0 radical (unpaired) electrons. The zero-order valence-corrected chi connectivity index (χ0v) is 19.6. The van der Waals surface area contributed by atoms with E-state index in [0.717, 1.165) is 67.2 Å². The Bertz CT molecular complexity index is 915. The number of hydrogen-bond acceptors (Lipinski definition) is 6. The highest BCUT2D eigenvalue weighted by Crippen LogP contribution is 2.27. The SMILES string of the molecule is Cc1cc(OCCCC2CCN(c3ncc(Cl)cn3)CC2)cc(C)c1C(=O)N1CC(N)C1. The van der Waals surface area contributed by atoms with Crippen LogP contribution in [0.1, 0.15) is 47.2 Å². The monoisotopic (exact) mass is 457 g/mol. The standard InChI is InChI=1S/C24H32ClN5O2/c1-16-10-21(11-17(2)22(16)23(31)30-14-20(26)15-30)32-9-3-4-18-5-7-29(8-6-18)24-27-12-19(25)13-28-24/h10-13,18,20H,3-9,14-15,26H2,1-2H3. The molecule has 2 fully saturated rings. The average molecular weight is 458 g/mol. The van der Waals surface area contributed by atoms with Crippen molar-refractivity contribution in [1.29, 1.82) is 0 Å². The maximum Gasteiger partial charge on any atom is 0.254 e. The van der Waals surface area contributed by atoms with Crippen LogP contribution in [0.5, 0.6) is 5.75 Å². The van der Waals surface area contributed by atoms with Crippen molar-refractivity contribution in [3.05, 3.63) is 46.2 Å². The van der Waals surface area contributed by atoms with Gasteiger partial charge in [0.2, 0.25) is 5.95 Å². The number of halogens is 1. The Morgan fingerprint density at radius 2 is 1.78 bits per heavy atom.